The van der Waals surface area contributed by atoms with Crippen LogP contribution in [0.15, 0.2) is 0 Å². The molecule has 2 aliphatic carbocycles. The van der Waals surface area contributed by atoms with Crippen LogP contribution in [0.5, 0.6) is 0 Å². The maximum absolute atomic E-state index is 11.0. The molecule has 2 aliphatic heterocycles. The number of methoxy groups -OCH3 is 1. The molecule has 0 bridgehead atoms. The van der Waals surface area contributed by atoms with E-state index in [0.29, 0.717) is 44.9 Å². The highest BCUT2D eigenvalue weighted by Crippen LogP contribution is 2.29. The minimum absolute atomic E-state index is 0.000839. The fraction of sp³-hybridized carbons (Fsp3) is 0.843. The van der Waals surface area contributed by atoms with Gasteiger partial charge in [0.25, 0.3) is 0 Å². The van der Waals surface area contributed by atoms with E-state index < -0.39 is 0 Å². The lowest BCUT2D eigenvalue weighted by Gasteiger charge is -2.35. The molecule has 2 saturated carbocycles. The maximum atomic E-state index is 11.0. The summed E-state index contributed by atoms with van der Waals surface area (Å²) in [7, 11) is 3.40. The molecule has 0 aromatic carbocycles. The number of hydrogen-bond acceptors (Lipinski definition) is 23. The molecule has 4 fully saturated rings. The first-order valence-corrected chi connectivity index (χ1v) is 33.2. The molecule has 546 valence electrons. The molecule has 0 spiro atoms. The fourth-order valence-corrected chi connectivity index (χ4v) is 5.01. The molecule has 4 rings (SSSR count). The minimum Gasteiger partial charge on any atom is -0.469 e. The van der Waals surface area contributed by atoms with Crippen LogP contribution in [0.25, 0.3) is 0 Å². The minimum atomic E-state index is -0.323. The Kier molecular flexibility index (Phi) is 61.9. The predicted molar refractivity (Wildman–Crippen MR) is 357 cm³/mol. The van der Waals surface area contributed by atoms with Gasteiger partial charge in [-0.25, -0.2) is 0 Å². The molecule has 0 amide bonds. The number of esters is 10. The number of nitrogens with zero attached hydrogens (tertiary/aromatic N) is 2. The standard InChI is InChI=1S/C8H15NO2.2C8H14O2.C8H16O2.C7H12O3.2C7H14O2.C6H9NO2.C6H12O2.C5H10O2/c1-6(2)8(10)11-7-4-9(3)5-7;1-6(2)8(9)10-5-7-3-4-7;1-6(2)8(9)10-7-4-3-5-7;1-6(2)5-10-8(9)7(3)4;1-5(2)7(8)10-6-3-9-4-6;2*1-5(2)7(8)9-6(3)4;1-5(2)6(8)9-4-3-7;1-4-8-6(7)5(2)3;1-4(2)5(6)7-3/h6-7H,4-5H2,1-3H3;2*6-7H,3-5H2,1-2H3;6-7H,5H2,1-4H3;5-6H,3-4H2,1-2H3;2*5-6H,1-4H3;5H,4H2,1-2H3;5H,4H2,1-3H3;4H,1-3H3. The Hall–Kier alpha value is -5.89. The lowest BCUT2D eigenvalue weighted by molar-refractivity contribution is -0.175. The summed E-state index contributed by atoms with van der Waals surface area (Å²) in [5, 5.41) is 7.97. The number of rotatable bonds is 21. The highest BCUT2D eigenvalue weighted by atomic mass is 16.6. The predicted octanol–water partition coefficient (Wildman–Crippen LogP) is 12.2. The number of likely N-dealkylation sites (tertiary alicyclic amines) is 1. The molecule has 0 aromatic heterocycles. The van der Waals surface area contributed by atoms with Crippen LogP contribution in [0.3, 0.4) is 0 Å². The van der Waals surface area contributed by atoms with Crippen LogP contribution in [0.4, 0.5) is 0 Å². The second-order valence-electron chi connectivity index (χ2n) is 26.5. The molecule has 0 atom stereocenters. The van der Waals surface area contributed by atoms with Gasteiger partial charge in [-0.1, -0.05) is 152 Å². The van der Waals surface area contributed by atoms with E-state index >= 15 is 0 Å². The second kappa shape index (κ2) is 58.7. The average molecular weight is 1340 g/mol. The van der Waals surface area contributed by atoms with E-state index in [1.54, 1.807) is 40.7 Å². The summed E-state index contributed by atoms with van der Waals surface area (Å²) >= 11 is 0. The van der Waals surface area contributed by atoms with Crippen molar-refractivity contribution in [2.75, 3.05) is 66.9 Å². The number of nitriles is 1. The molecular weight excluding hydrogens is 1200 g/mol. The Balaban J connectivity index is -0.000000227. The maximum Gasteiger partial charge on any atom is 0.309 e. The van der Waals surface area contributed by atoms with Crippen LogP contribution in [0.1, 0.15) is 219 Å². The van der Waals surface area contributed by atoms with Gasteiger partial charge in [-0.3, -0.25) is 52.8 Å². The van der Waals surface area contributed by atoms with E-state index in [1.807, 2.05) is 159 Å². The number of carbonyl (C=O) groups excluding carboxylic acids is 10. The van der Waals surface area contributed by atoms with Gasteiger partial charge in [0, 0.05) is 13.1 Å². The van der Waals surface area contributed by atoms with Gasteiger partial charge >= 0.3 is 59.7 Å². The molecule has 2 saturated heterocycles. The van der Waals surface area contributed by atoms with Crippen LogP contribution < -0.4 is 0 Å². The zero-order valence-electron chi connectivity index (χ0n) is 63.0. The number of carbonyl (C=O) groups is 10. The molecule has 93 heavy (non-hydrogen) atoms. The molecule has 0 N–H and O–H groups in total. The summed E-state index contributed by atoms with van der Waals surface area (Å²) in [6.07, 6.45) is 6.28. The highest BCUT2D eigenvalue weighted by Gasteiger charge is 2.28. The first kappa shape index (κ1) is 98.2. The number of likely N-dealkylation sites (N-methyl/N-ethyl adjacent to an activating group) is 1. The van der Waals surface area contributed by atoms with Gasteiger partial charge in [0.05, 0.1) is 112 Å². The van der Waals surface area contributed by atoms with E-state index in [2.05, 4.69) is 19.1 Å². The Morgan fingerprint density at radius 2 is 0.742 bits per heavy atom. The third-order valence-electron chi connectivity index (χ3n) is 11.4. The van der Waals surface area contributed by atoms with E-state index in [-0.39, 0.29) is 156 Å². The van der Waals surface area contributed by atoms with Crippen LogP contribution in [0.2, 0.25) is 0 Å². The van der Waals surface area contributed by atoms with Crippen molar-refractivity contribution in [1.29, 1.82) is 5.26 Å². The Bertz CT molecular complexity index is 1980. The van der Waals surface area contributed by atoms with Gasteiger partial charge in [-0.05, 0) is 85.6 Å². The molecule has 2 heterocycles. The van der Waals surface area contributed by atoms with Crippen LogP contribution >= 0.6 is 0 Å². The summed E-state index contributed by atoms with van der Waals surface area (Å²) in [4.78, 5) is 109. The molecule has 0 aromatic rings. The van der Waals surface area contributed by atoms with E-state index in [0.717, 1.165) is 25.9 Å². The highest BCUT2D eigenvalue weighted by molar-refractivity contribution is 5.74. The van der Waals surface area contributed by atoms with Crippen molar-refractivity contribution < 1.29 is 100 Å². The van der Waals surface area contributed by atoms with Gasteiger partial charge in [0.2, 0.25) is 0 Å². The third-order valence-corrected chi connectivity index (χ3v) is 11.4. The summed E-state index contributed by atoms with van der Waals surface area (Å²) in [6, 6.07) is 1.71. The average Bonchev–Trinajstić information content (AvgIpc) is 2.32. The normalized spacial score (nSPS) is 13.8. The largest absolute Gasteiger partial charge is 0.469 e. The molecular formula is C70H130N2O21. The van der Waals surface area contributed by atoms with Crippen molar-refractivity contribution in [2.45, 2.75) is 250 Å². The summed E-state index contributed by atoms with van der Waals surface area (Å²) in [5.41, 5.74) is 0. The Morgan fingerprint density at radius 3 is 0.957 bits per heavy atom. The summed E-state index contributed by atoms with van der Waals surface area (Å²) in [6.45, 7) is 54.1. The van der Waals surface area contributed by atoms with Gasteiger partial charge in [0.15, 0.2) is 6.61 Å². The Labute approximate surface area is 561 Å². The summed E-state index contributed by atoms with van der Waals surface area (Å²) in [5.74, 6) is -0.260. The SMILES string of the molecule is CC(C)C(=O)OC1CCC1.CC(C)C(=O)OC1CN(C)C1.CC(C)C(=O)OC1COC1.CC(C)C(=O)OCC#N.CC(C)C(=O)OCC1CC1.CC(C)COC(=O)C(C)C.CC(C)OC(=O)C(C)C.CC(C)OC(=O)C(C)C.CCOC(=O)C(C)C.COC(=O)C(C)C. The first-order valence-electron chi connectivity index (χ1n) is 33.2. The van der Waals surface area contributed by atoms with Crippen LogP contribution in [-0.2, 0) is 100 Å². The zero-order valence-corrected chi connectivity index (χ0v) is 63.0. The molecule has 23 heteroatoms. The molecule has 4 aliphatic rings. The zero-order chi connectivity index (χ0) is 73.8. The van der Waals surface area contributed by atoms with Crippen molar-refractivity contribution in [3.63, 3.8) is 0 Å². The van der Waals surface area contributed by atoms with Crippen LogP contribution in [-0.4, -0.2) is 162 Å². The van der Waals surface area contributed by atoms with Crippen LogP contribution in [0, 0.1) is 82.3 Å². The fourth-order valence-electron chi connectivity index (χ4n) is 5.01. The molecule has 0 radical (unpaired) electrons. The van der Waals surface area contributed by atoms with Crippen molar-refractivity contribution in [1.82, 2.24) is 4.90 Å². The lowest BCUT2D eigenvalue weighted by Crippen LogP contribution is -2.50. The quantitative estimate of drug-likeness (QED) is 0.0761. The Morgan fingerprint density at radius 1 is 0.419 bits per heavy atom. The van der Waals surface area contributed by atoms with Gasteiger partial charge in [-0.15, -0.1) is 0 Å². The number of hydrogen-bond donors (Lipinski definition) is 0. The lowest BCUT2D eigenvalue weighted by atomic mass is 9.96. The topological polar surface area (TPSA) is 299 Å². The van der Waals surface area contributed by atoms with Crippen molar-refractivity contribution in [2.24, 2.45) is 71.0 Å². The second-order valence-corrected chi connectivity index (χ2v) is 26.5. The van der Waals surface area contributed by atoms with Crippen molar-refractivity contribution in [3.05, 3.63) is 0 Å². The third kappa shape index (κ3) is 65.9. The van der Waals surface area contributed by atoms with Crippen molar-refractivity contribution in [3.8, 4) is 6.07 Å². The van der Waals surface area contributed by atoms with E-state index in [9.17, 15) is 47.9 Å². The number of ether oxygens (including phenoxy) is 11. The van der Waals surface area contributed by atoms with Gasteiger partial charge < -0.3 is 52.1 Å². The van der Waals surface area contributed by atoms with E-state index in [4.69, 9.17) is 43.2 Å². The summed E-state index contributed by atoms with van der Waals surface area (Å²) < 4.78 is 53.2. The smallest absolute Gasteiger partial charge is 0.309 e. The van der Waals surface area contributed by atoms with Gasteiger partial charge in [-0.2, -0.15) is 5.26 Å². The first-order chi connectivity index (χ1) is 42.8. The van der Waals surface area contributed by atoms with Gasteiger partial charge in [0.1, 0.15) is 24.4 Å². The van der Waals surface area contributed by atoms with E-state index in [1.165, 1.54) is 26.4 Å². The van der Waals surface area contributed by atoms with Crippen molar-refractivity contribution >= 4 is 59.7 Å². The monoisotopic (exact) mass is 1330 g/mol. The molecule has 23 nitrogen and oxygen atoms in total. The molecule has 0 unspecified atom stereocenters.